The molecule has 19 heavy (non-hydrogen) atoms. The fourth-order valence-electron chi connectivity index (χ4n) is 1.48. The summed E-state index contributed by atoms with van der Waals surface area (Å²) in [4.78, 5) is 38.1. The molecule has 0 saturated carbocycles. The molecule has 6 nitrogen and oxygen atoms in total. The number of ether oxygens (including phenoxy) is 1. The van der Waals surface area contributed by atoms with E-state index in [1.54, 1.807) is 24.3 Å². The minimum absolute atomic E-state index is 0. The second kappa shape index (κ2) is 6.97. The Hall–Kier alpha value is -1.77. The first-order chi connectivity index (χ1) is 8.66. The average Bonchev–Trinajstić information content (AvgIpc) is 2.69. The molecular weight excluding hydrogens is 245 g/mol. The van der Waals surface area contributed by atoms with Gasteiger partial charge in [0.1, 0.15) is 6.61 Å². The molecule has 1 aliphatic rings. The molecule has 0 radical (unpaired) electrons. The number of imide groups is 1. The van der Waals surface area contributed by atoms with Gasteiger partial charge in [0, 0.05) is 12.8 Å². The Kier molecular flexibility index (Phi) is 5.61. The van der Waals surface area contributed by atoms with Gasteiger partial charge in [0.25, 0.3) is 11.8 Å². The van der Waals surface area contributed by atoms with E-state index in [1.807, 2.05) is 6.07 Å². The van der Waals surface area contributed by atoms with Gasteiger partial charge in [-0.15, -0.1) is 0 Å². The van der Waals surface area contributed by atoms with E-state index in [1.165, 1.54) is 0 Å². The molecule has 1 heterocycles. The van der Waals surface area contributed by atoms with Gasteiger partial charge in [-0.25, -0.2) is 4.79 Å². The van der Waals surface area contributed by atoms with Gasteiger partial charge in [0.2, 0.25) is 0 Å². The van der Waals surface area contributed by atoms with Crippen LogP contribution >= 0.6 is 0 Å². The van der Waals surface area contributed by atoms with Crippen molar-refractivity contribution >= 4 is 36.8 Å². The first-order valence-electron chi connectivity index (χ1n) is 5.41. The maximum absolute atomic E-state index is 11.3. The average molecular weight is 257 g/mol. The van der Waals surface area contributed by atoms with Gasteiger partial charge >= 0.3 is 25.0 Å². The number of rotatable bonds is 3. The Bertz CT molecular complexity index is 460. The zero-order valence-corrected chi connectivity index (χ0v) is 9.50. The molecule has 0 aromatic heterocycles. The van der Waals surface area contributed by atoms with E-state index in [0.29, 0.717) is 5.06 Å². The van der Waals surface area contributed by atoms with Crippen LogP contribution in [0.15, 0.2) is 30.3 Å². The number of carbonyl (C=O) groups excluding carboxylic acids is 3. The predicted octanol–water partition coefficient (Wildman–Crippen LogP) is 0.755. The Labute approximate surface area is 121 Å². The van der Waals surface area contributed by atoms with Gasteiger partial charge < -0.3 is 4.74 Å². The third-order valence-corrected chi connectivity index (χ3v) is 2.37. The van der Waals surface area contributed by atoms with Gasteiger partial charge in [-0.3, -0.25) is 14.4 Å². The Morgan fingerprint density at radius 2 is 1.68 bits per heavy atom. The van der Waals surface area contributed by atoms with Crippen LogP contribution in [0.1, 0.15) is 18.4 Å². The summed E-state index contributed by atoms with van der Waals surface area (Å²) in [6, 6.07) is 9.00. The number of nitrogens with zero attached hydrogens (tertiary/aromatic N) is 1. The maximum atomic E-state index is 11.3. The number of carbonyl (C=O) groups is 3. The van der Waals surface area contributed by atoms with Crippen molar-refractivity contribution in [2.45, 2.75) is 19.4 Å². The van der Waals surface area contributed by atoms with Crippen molar-refractivity contribution in [3.05, 3.63) is 35.9 Å². The van der Waals surface area contributed by atoms with Crippen molar-refractivity contribution in [1.82, 2.24) is 5.06 Å². The molecule has 0 atom stereocenters. The summed E-state index contributed by atoms with van der Waals surface area (Å²) in [6.45, 7) is 0.0237. The van der Waals surface area contributed by atoms with E-state index in [-0.39, 0.29) is 38.3 Å². The molecule has 0 unspecified atom stereocenters. The molecular formula is C12H12LiNO5. The fourth-order valence-corrected chi connectivity index (χ4v) is 1.48. The Morgan fingerprint density at radius 3 is 2.26 bits per heavy atom. The molecule has 0 bridgehead atoms. The van der Waals surface area contributed by atoms with Crippen molar-refractivity contribution in [2.24, 2.45) is 0 Å². The molecule has 1 aromatic carbocycles. The SMILES string of the molecule is O=C(OCc1ccccc1)ON1C(=O)CCC1=O.[LiH]. The number of hydroxylamine groups is 2. The first kappa shape index (κ1) is 15.3. The summed E-state index contributed by atoms with van der Waals surface area (Å²) in [5.41, 5.74) is 0.786. The van der Waals surface area contributed by atoms with Crippen LogP contribution < -0.4 is 0 Å². The quantitative estimate of drug-likeness (QED) is 0.454. The van der Waals surface area contributed by atoms with Gasteiger partial charge in [-0.1, -0.05) is 35.4 Å². The summed E-state index contributed by atoms with van der Waals surface area (Å²) in [7, 11) is 0. The van der Waals surface area contributed by atoms with E-state index in [9.17, 15) is 14.4 Å². The second-order valence-corrected chi connectivity index (χ2v) is 3.70. The van der Waals surface area contributed by atoms with Crippen LogP contribution in [-0.4, -0.2) is 41.9 Å². The molecule has 1 fully saturated rings. The Balaban J connectivity index is 0.00000180. The number of hydrogen-bond acceptors (Lipinski definition) is 5. The van der Waals surface area contributed by atoms with Crippen LogP contribution in [-0.2, 0) is 25.8 Å². The van der Waals surface area contributed by atoms with Crippen molar-refractivity contribution < 1.29 is 24.0 Å². The van der Waals surface area contributed by atoms with Gasteiger partial charge in [-0.05, 0) is 5.56 Å². The van der Waals surface area contributed by atoms with Crippen molar-refractivity contribution in [3.8, 4) is 0 Å². The van der Waals surface area contributed by atoms with Crippen molar-refractivity contribution in [2.75, 3.05) is 0 Å². The van der Waals surface area contributed by atoms with E-state index >= 15 is 0 Å². The number of benzene rings is 1. The van der Waals surface area contributed by atoms with Gasteiger partial charge in [0.15, 0.2) is 0 Å². The summed E-state index contributed by atoms with van der Waals surface area (Å²) >= 11 is 0. The standard InChI is InChI=1S/C12H11NO5.Li.H/c14-10-6-7-11(15)13(10)18-12(16)17-8-9-4-2-1-3-5-9;;/h1-5H,6-8H2;;. The van der Waals surface area contributed by atoms with Crippen LogP contribution in [0.25, 0.3) is 0 Å². The van der Waals surface area contributed by atoms with Gasteiger partial charge in [-0.2, -0.15) is 0 Å². The molecule has 1 aromatic rings. The van der Waals surface area contributed by atoms with Crippen LogP contribution in [0.5, 0.6) is 0 Å². The van der Waals surface area contributed by atoms with E-state index < -0.39 is 18.0 Å². The third-order valence-electron chi connectivity index (χ3n) is 2.37. The number of amides is 2. The zero-order valence-electron chi connectivity index (χ0n) is 9.50. The van der Waals surface area contributed by atoms with E-state index in [4.69, 9.17) is 4.74 Å². The number of hydrogen-bond donors (Lipinski definition) is 0. The molecule has 0 spiro atoms. The summed E-state index contributed by atoms with van der Waals surface area (Å²) in [6.07, 6.45) is -0.947. The third kappa shape index (κ3) is 4.12. The molecule has 7 heteroatoms. The molecule has 0 aliphatic carbocycles. The molecule has 2 amide bonds. The Morgan fingerprint density at radius 1 is 1.11 bits per heavy atom. The summed E-state index contributed by atoms with van der Waals surface area (Å²) < 4.78 is 4.78. The van der Waals surface area contributed by atoms with Crippen LogP contribution in [0, 0.1) is 0 Å². The van der Waals surface area contributed by atoms with Crippen LogP contribution in [0.4, 0.5) is 4.79 Å². The summed E-state index contributed by atoms with van der Waals surface area (Å²) in [5.74, 6) is -1.06. The van der Waals surface area contributed by atoms with Crippen molar-refractivity contribution in [1.29, 1.82) is 0 Å². The first-order valence-corrected chi connectivity index (χ1v) is 5.41. The molecule has 1 aliphatic heterocycles. The molecule has 1 saturated heterocycles. The van der Waals surface area contributed by atoms with Crippen LogP contribution in [0.3, 0.4) is 0 Å². The van der Waals surface area contributed by atoms with Crippen molar-refractivity contribution in [3.63, 3.8) is 0 Å². The monoisotopic (exact) mass is 257 g/mol. The normalized spacial score (nSPS) is 14.0. The second-order valence-electron chi connectivity index (χ2n) is 3.70. The predicted molar refractivity (Wildman–Crippen MR) is 65.9 cm³/mol. The molecule has 0 N–H and O–H groups in total. The van der Waals surface area contributed by atoms with E-state index in [2.05, 4.69) is 4.84 Å². The minimum atomic E-state index is -1.07. The summed E-state index contributed by atoms with van der Waals surface area (Å²) in [5, 5.41) is 0.452. The van der Waals surface area contributed by atoms with Gasteiger partial charge in [0.05, 0.1) is 0 Å². The topological polar surface area (TPSA) is 72.9 Å². The van der Waals surface area contributed by atoms with E-state index in [0.717, 1.165) is 5.56 Å². The molecule has 2 rings (SSSR count). The molecule has 96 valence electrons. The fraction of sp³-hybridized carbons (Fsp3) is 0.250. The zero-order chi connectivity index (χ0) is 13.0. The van der Waals surface area contributed by atoms with Crippen LogP contribution in [0.2, 0.25) is 0 Å².